The molecular formula is C22H25NO5. The Morgan fingerprint density at radius 1 is 0.857 bits per heavy atom. The number of hydrogen-bond acceptors (Lipinski definition) is 5. The summed E-state index contributed by atoms with van der Waals surface area (Å²) in [5.74, 6) is -1.19. The highest BCUT2D eigenvalue weighted by Gasteiger charge is 2.21. The number of carbonyl (C=O) groups excluding carboxylic acids is 3. The van der Waals surface area contributed by atoms with Gasteiger partial charge in [0, 0.05) is 13.3 Å². The summed E-state index contributed by atoms with van der Waals surface area (Å²) in [6.07, 6.45) is 0.863. The van der Waals surface area contributed by atoms with Crippen molar-refractivity contribution in [2.75, 3.05) is 0 Å². The van der Waals surface area contributed by atoms with Gasteiger partial charge >= 0.3 is 11.9 Å². The van der Waals surface area contributed by atoms with Gasteiger partial charge in [-0.05, 0) is 24.0 Å². The van der Waals surface area contributed by atoms with E-state index in [9.17, 15) is 14.4 Å². The second kappa shape index (κ2) is 11.5. The Hall–Kier alpha value is -3.15. The molecule has 0 saturated heterocycles. The van der Waals surface area contributed by atoms with E-state index in [1.54, 1.807) is 0 Å². The van der Waals surface area contributed by atoms with Crippen LogP contribution in [0.5, 0.6) is 0 Å². The fourth-order valence-electron chi connectivity index (χ4n) is 2.58. The number of rotatable bonds is 10. The third-order valence-corrected chi connectivity index (χ3v) is 4.00. The van der Waals surface area contributed by atoms with E-state index in [2.05, 4.69) is 5.32 Å². The van der Waals surface area contributed by atoms with Crippen LogP contribution in [0.2, 0.25) is 0 Å². The Balaban J connectivity index is 1.75. The Kier molecular flexibility index (Phi) is 8.72. The molecule has 0 aliphatic carbocycles. The van der Waals surface area contributed by atoms with Gasteiger partial charge in [-0.2, -0.15) is 0 Å². The maximum absolute atomic E-state index is 12.3. The van der Waals surface area contributed by atoms with Crippen LogP contribution < -0.4 is 5.32 Å². The lowest BCUT2D eigenvalue weighted by Gasteiger charge is -2.16. The average molecular weight is 383 g/mol. The van der Waals surface area contributed by atoms with Gasteiger partial charge in [0.1, 0.15) is 19.3 Å². The van der Waals surface area contributed by atoms with Crippen LogP contribution in [-0.4, -0.2) is 23.9 Å². The van der Waals surface area contributed by atoms with E-state index in [4.69, 9.17) is 9.47 Å². The molecule has 0 saturated carbocycles. The van der Waals surface area contributed by atoms with Gasteiger partial charge in [-0.3, -0.25) is 9.59 Å². The molecule has 0 aromatic heterocycles. The molecule has 0 aliphatic rings. The van der Waals surface area contributed by atoms with Crippen molar-refractivity contribution in [3.8, 4) is 0 Å². The summed E-state index contributed by atoms with van der Waals surface area (Å²) < 4.78 is 10.5. The molecular weight excluding hydrogens is 358 g/mol. The van der Waals surface area contributed by atoms with E-state index in [1.165, 1.54) is 6.92 Å². The Morgan fingerprint density at radius 2 is 1.39 bits per heavy atom. The average Bonchev–Trinajstić information content (AvgIpc) is 2.71. The molecule has 1 N–H and O–H groups in total. The highest BCUT2D eigenvalue weighted by molar-refractivity contribution is 5.83. The Morgan fingerprint density at radius 3 is 1.93 bits per heavy atom. The minimum absolute atomic E-state index is 0.134. The van der Waals surface area contributed by atoms with Crippen LogP contribution in [0.25, 0.3) is 0 Å². The molecule has 28 heavy (non-hydrogen) atoms. The first-order valence-corrected chi connectivity index (χ1v) is 9.22. The summed E-state index contributed by atoms with van der Waals surface area (Å²) in [5.41, 5.74) is 1.78. The largest absolute Gasteiger partial charge is 0.461 e. The zero-order valence-corrected chi connectivity index (χ0v) is 15.9. The maximum Gasteiger partial charge on any atom is 0.328 e. The first-order chi connectivity index (χ1) is 13.5. The fourth-order valence-corrected chi connectivity index (χ4v) is 2.58. The van der Waals surface area contributed by atoms with E-state index in [0.29, 0.717) is 12.8 Å². The molecule has 0 fully saturated rings. The second-order valence-corrected chi connectivity index (χ2v) is 6.38. The van der Waals surface area contributed by atoms with Crippen molar-refractivity contribution >= 4 is 17.8 Å². The van der Waals surface area contributed by atoms with E-state index in [-0.39, 0.29) is 31.5 Å². The lowest BCUT2D eigenvalue weighted by Crippen LogP contribution is -2.40. The molecule has 148 valence electrons. The maximum atomic E-state index is 12.3. The highest BCUT2D eigenvalue weighted by Crippen LogP contribution is 2.09. The molecule has 6 nitrogen and oxygen atoms in total. The van der Waals surface area contributed by atoms with Crippen molar-refractivity contribution in [2.24, 2.45) is 0 Å². The number of esters is 2. The van der Waals surface area contributed by atoms with E-state index < -0.39 is 12.0 Å². The molecule has 0 radical (unpaired) electrons. The van der Waals surface area contributed by atoms with Gasteiger partial charge in [-0.25, -0.2) is 4.79 Å². The van der Waals surface area contributed by atoms with Crippen LogP contribution in [0.3, 0.4) is 0 Å². The van der Waals surface area contributed by atoms with Gasteiger partial charge < -0.3 is 14.8 Å². The van der Waals surface area contributed by atoms with Crippen molar-refractivity contribution in [1.29, 1.82) is 0 Å². The lowest BCUT2D eigenvalue weighted by molar-refractivity contribution is -0.150. The predicted octanol–water partition coefficient (Wildman–Crippen LogP) is 3.15. The predicted molar refractivity (Wildman–Crippen MR) is 104 cm³/mol. The molecule has 2 aromatic rings. The van der Waals surface area contributed by atoms with Crippen molar-refractivity contribution < 1.29 is 23.9 Å². The number of nitrogens with one attached hydrogen (secondary N) is 1. The first kappa shape index (κ1) is 21.2. The van der Waals surface area contributed by atoms with Crippen LogP contribution >= 0.6 is 0 Å². The van der Waals surface area contributed by atoms with Crippen LogP contribution in [0.1, 0.15) is 37.3 Å². The molecule has 0 bridgehead atoms. The summed E-state index contributed by atoms with van der Waals surface area (Å²) in [6.45, 7) is 1.69. The van der Waals surface area contributed by atoms with Crippen LogP contribution in [0.4, 0.5) is 0 Å². The number of hydrogen-bond donors (Lipinski definition) is 1. The van der Waals surface area contributed by atoms with Crippen LogP contribution in [-0.2, 0) is 37.1 Å². The molecule has 6 heteroatoms. The Bertz CT molecular complexity index is 761. The highest BCUT2D eigenvalue weighted by atomic mass is 16.5. The monoisotopic (exact) mass is 383 g/mol. The molecule has 1 amide bonds. The van der Waals surface area contributed by atoms with E-state index >= 15 is 0 Å². The van der Waals surface area contributed by atoms with Gasteiger partial charge in [-0.1, -0.05) is 60.7 Å². The molecule has 0 heterocycles. The van der Waals surface area contributed by atoms with E-state index in [1.807, 2.05) is 60.7 Å². The lowest BCUT2D eigenvalue weighted by atomic mass is 10.1. The van der Waals surface area contributed by atoms with Crippen LogP contribution in [0.15, 0.2) is 60.7 Å². The molecule has 2 aromatic carbocycles. The molecule has 0 aliphatic heterocycles. The number of carbonyl (C=O) groups is 3. The number of amides is 1. The standard InChI is InChI=1S/C22H25NO5/c1-17(24)23-20(22(26)28-16-19-11-6-3-7-12-19)13-8-14-21(25)27-15-18-9-4-2-5-10-18/h2-7,9-12,20H,8,13-16H2,1H3,(H,23,24). The van der Waals surface area contributed by atoms with Gasteiger partial charge in [0.05, 0.1) is 0 Å². The summed E-state index contributed by atoms with van der Waals surface area (Å²) in [5, 5.41) is 2.58. The normalized spacial score (nSPS) is 11.3. The number of benzene rings is 2. The molecule has 2 rings (SSSR count). The Labute approximate surface area is 164 Å². The molecule has 0 spiro atoms. The second-order valence-electron chi connectivity index (χ2n) is 6.38. The van der Waals surface area contributed by atoms with Crippen molar-refractivity contribution in [1.82, 2.24) is 5.32 Å². The third-order valence-electron chi connectivity index (χ3n) is 4.00. The van der Waals surface area contributed by atoms with Gasteiger partial charge in [-0.15, -0.1) is 0 Å². The van der Waals surface area contributed by atoms with Gasteiger partial charge in [0.25, 0.3) is 0 Å². The topological polar surface area (TPSA) is 81.7 Å². The quantitative estimate of drug-likeness (QED) is 0.638. The van der Waals surface area contributed by atoms with Crippen LogP contribution in [0, 0.1) is 0 Å². The summed E-state index contributed by atoms with van der Waals surface area (Å²) >= 11 is 0. The van der Waals surface area contributed by atoms with Gasteiger partial charge in [0.2, 0.25) is 5.91 Å². The third kappa shape index (κ3) is 8.03. The molecule has 1 unspecified atom stereocenters. The van der Waals surface area contributed by atoms with Crippen molar-refractivity contribution in [3.63, 3.8) is 0 Å². The minimum atomic E-state index is -0.789. The van der Waals surface area contributed by atoms with Crippen molar-refractivity contribution in [2.45, 2.75) is 45.4 Å². The molecule has 1 atom stereocenters. The van der Waals surface area contributed by atoms with Gasteiger partial charge in [0.15, 0.2) is 0 Å². The van der Waals surface area contributed by atoms with E-state index in [0.717, 1.165) is 11.1 Å². The van der Waals surface area contributed by atoms with Crippen molar-refractivity contribution in [3.05, 3.63) is 71.8 Å². The zero-order chi connectivity index (χ0) is 20.2. The first-order valence-electron chi connectivity index (χ1n) is 9.22. The smallest absolute Gasteiger partial charge is 0.328 e. The summed E-state index contributed by atoms with van der Waals surface area (Å²) in [6, 6.07) is 17.9. The fraction of sp³-hybridized carbons (Fsp3) is 0.318. The minimum Gasteiger partial charge on any atom is -0.461 e. The SMILES string of the molecule is CC(=O)NC(CCCC(=O)OCc1ccccc1)C(=O)OCc1ccccc1. The summed E-state index contributed by atoms with van der Waals surface area (Å²) in [4.78, 5) is 35.5. The summed E-state index contributed by atoms with van der Waals surface area (Å²) in [7, 11) is 0. The number of ether oxygens (including phenoxy) is 2. The zero-order valence-electron chi connectivity index (χ0n) is 15.9.